The molecule has 0 aliphatic heterocycles. The van der Waals surface area contributed by atoms with Crippen molar-refractivity contribution >= 4 is 16.9 Å². The monoisotopic (exact) mass is 285 g/mol. The van der Waals surface area contributed by atoms with Gasteiger partial charge in [0.15, 0.2) is 0 Å². The average Bonchev–Trinajstić information content (AvgIpc) is 2.38. The minimum Gasteiger partial charge on any atom is -0.461 e. The van der Waals surface area contributed by atoms with Crippen molar-refractivity contribution in [3.63, 3.8) is 0 Å². The van der Waals surface area contributed by atoms with Crippen LogP contribution in [-0.4, -0.2) is 17.6 Å². The second kappa shape index (κ2) is 4.99. The number of H-pyrrole nitrogens is 1. The first kappa shape index (κ1) is 14.1. The molecule has 2 aromatic rings. The summed E-state index contributed by atoms with van der Waals surface area (Å²) in [4.78, 5) is 25.0. The van der Waals surface area contributed by atoms with E-state index in [0.717, 1.165) is 18.2 Å². The summed E-state index contributed by atoms with van der Waals surface area (Å²) < 4.78 is 45.0. The fourth-order valence-electron chi connectivity index (χ4n) is 1.74. The first-order valence-corrected chi connectivity index (χ1v) is 5.74. The predicted molar refractivity (Wildman–Crippen MR) is 65.1 cm³/mol. The molecule has 7 heteroatoms. The van der Waals surface area contributed by atoms with Gasteiger partial charge < -0.3 is 9.72 Å². The summed E-state index contributed by atoms with van der Waals surface area (Å²) >= 11 is 0. The van der Waals surface area contributed by atoms with Gasteiger partial charge in [0.1, 0.15) is 5.82 Å². The Morgan fingerprint density at radius 1 is 1.35 bits per heavy atom. The molecule has 1 aromatic carbocycles. The summed E-state index contributed by atoms with van der Waals surface area (Å²) in [5, 5.41) is 0.0589. The Kier molecular flexibility index (Phi) is 3.52. The summed E-state index contributed by atoms with van der Waals surface area (Å²) in [6.07, 6.45) is 0. The molecule has 106 valence electrons. The second-order valence-electron chi connectivity index (χ2n) is 4.04. The van der Waals surface area contributed by atoms with E-state index >= 15 is 0 Å². The van der Waals surface area contributed by atoms with Gasteiger partial charge in [-0.25, -0.2) is 9.18 Å². The van der Waals surface area contributed by atoms with Gasteiger partial charge >= 0.3 is 11.9 Å². The molecule has 2 rings (SSSR count). The number of hydrogen-bond donors (Lipinski definition) is 1. The SMILES string of the molecule is CCOC(=O)C(F)(F)c1cc2cc(F)ccc2[nH]c1=O. The normalized spacial score (nSPS) is 11.6. The highest BCUT2D eigenvalue weighted by atomic mass is 19.3. The molecule has 0 fully saturated rings. The molecule has 0 bridgehead atoms. The van der Waals surface area contributed by atoms with E-state index in [2.05, 4.69) is 9.72 Å². The Morgan fingerprint density at radius 2 is 2.05 bits per heavy atom. The first-order chi connectivity index (χ1) is 9.36. The number of halogens is 3. The van der Waals surface area contributed by atoms with Crippen LogP contribution in [0.25, 0.3) is 10.9 Å². The molecule has 0 radical (unpaired) electrons. The van der Waals surface area contributed by atoms with Crippen LogP contribution in [0, 0.1) is 5.82 Å². The van der Waals surface area contributed by atoms with Crippen molar-refractivity contribution in [2.45, 2.75) is 12.8 Å². The van der Waals surface area contributed by atoms with E-state index < -0.39 is 28.8 Å². The number of rotatable bonds is 3. The summed E-state index contributed by atoms with van der Waals surface area (Å²) in [5.74, 6) is -6.56. The maximum atomic E-state index is 13.8. The molecule has 0 aliphatic rings. The van der Waals surface area contributed by atoms with Crippen LogP contribution in [0.2, 0.25) is 0 Å². The molecule has 1 aromatic heterocycles. The number of esters is 1. The Bertz CT molecular complexity index is 724. The van der Waals surface area contributed by atoms with Gasteiger partial charge in [-0.05, 0) is 31.2 Å². The van der Waals surface area contributed by atoms with Crippen molar-refractivity contribution < 1.29 is 22.7 Å². The van der Waals surface area contributed by atoms with Crippen LogP contribution in [0.3, 0.4) is 0 Å². The topological polar surface area (TPSA) is 59.2 Å². The molecular formula is C13H10F3NO3. The number of pyridine rings is 1. The zero-order valence-corrected chi connectivity index (χ0v) is 10.4. The number of carbonyl (C=O) groups excluding carboxylic acids is 1. The molecule has 0 aliphatic carbocycles. The summed E-state index contributed by atoms with van der Waals surface area (Å²) in [5.41, 5.74) is -2.00. The number of fused-ring (bicyclic) bond motifs is 1. The van der Waals surface area contributed by atoms with E-state index in [9.17, 15) is 22.8 Å². The van der Waals surface area contributed by atoms with Crippen LogP contribution >= 0.6 is 0 Å². The Hall–Kier alpha value is -2.31. The van der Waals surface area contributed by atoms with Crippen LogP contribution in [-0.2, 0) is 15.5 Å². The quantitative estimate of drug-likeness (QED) is 0.880. The number of carbonyl (C=O) groups is 1. The minimum absolute atomic E-state index is 0.0589. The third-order valence-corrected chi connectivity index (χ3v) is 2.68. The van der Waals surface area contributed by atoms with Crippen molar-refractivity contribution in [2.75, 3.05) is 6.61 Å². The maximum Gasteiger partial charge on any atom is 0.382 e. The van der Waals surface area contributed by atoms with E-state index in [1.807, 2.05) is 0 Å². The standard InChI is InChI=1S/C13H10F3NO3/c1-2-20-12(19)13(15,16)9-6-7-5-8(14)3-4-10(7)17-11(9)18/h3-6H,2H2,1H3,(H,17,18). The van der Waals surface area contributed by atoms with E-state index in [1.54, 1.807) is 0 Å². The Labute approximate surface area is 111 Å². The van der Waals surface area contributed by atoms with Gasteiger partial charge in [-0.1, -0.05) is 0 Å². The Balaban J connectivity index is 2.62. The summed E-state index contributed by atoms with van der Waals surface area (Å²) in [6.45, 7) is 1.13. The fraction of sp³-hybridized carbons (Fsp3) is 0.231. The van der Waals surface area contributed by atoms with Crippen LogP contribution in [0.1, 0.15) is 12.5 Å². The zero-order valence-electron chi connectivity index (χ0n) is 10.4. The Morgan fingerprint density at radius 3 is 2.70 bits per heavy atom. The smallest absolute Gasteiger partial charge is 0.382 e. The molecule has 0 atom stereocenters. The second-order valence-corrected chi connectivity index (χ2v) is 4.04. The van der Waals surface area contributed by atoms with Crippen LogP contribution in [0.5, 0.6) is 0 Å². The number of nitrogens with one attached hydrogen (secondary N) is 1. The van der Waals surface area contributed by atoms with Crippen LogP contribution in [0.15, 0.2) is 29.1 Å². The number of aromatic nitrogens is 1. The van der Waals surface area contributed by atoms with Crippen LogP contribution in [0.4, 0.5) is 13.2 Å². The van der Waals surface area contributed by atoms with Crippen molar-refractivity contribution in [2.24, 2.45) is 0 Å². The van der Waals surface area contributed by atoms with E-state index in [-0.39, 0.29) is 17.5 Å². The highest BCUT2D eigenvalue weighted by Gasteiger charge is 2.45. The molecule has 0 unspecified atom stereocenters. The number of aromatic amines is 1. The number of hydrogen-bond acceptors (Lipinski definition) is 3. The lowest BCUT2D eigenvalue weighted by atomic mass is 10.1. The molecule has 0 amide bonds. The number of ether oxygens (including phenoxy) is 1. The van der Waals surface area contributed by atoms with Gasteiger partial charge in [-0.15, -0.1) is 0 Å². The molecule has 4 nitrogen and oxygen atoms in total. The minimum atomic E-state index is -4.09. The lowest BCUT2D eigenvalue weighted by Gasteiger charge is -2.14. The summed E-state index contributed by atoms with van der Waals surface area (Å²) in [6, 6.07) is 4.10. The zero-order chi connectivity index (χ0) is 14.9. The van der Waals surface area contributed by atoms with Gasteiger partial charge in [-0.2, -0.15) is 8.78 Å². The number of benzene rings is 1. The lowest BCUT2D eigenvalue weighted by Crippen LogP contribution is -2.34. The third-order valence-electron chi connectivity index (χ3n) is 2.68. The summed E-state index contributed by atoms with van der Waals surface area (Å²) in [7, 11) is 0. The van der Waals surface area contributed by atoms with Crippen molar-refractivity contribution in [1.82, 2.24) is 4.98 Å². The predicted octanol–water partition coefficient (Wildman–Crippen LogP) is 2.32. The van der Waals surface area contributed by atoms with Crippen molar-refractivity contribution in [3.05, 3.63) is 46.0 Å². The number of alkyl halides is 2. The van der Waals surface area contributed by atoms with Crippen molar-refractivity contribution in [1.29, 1.82) is 0 Å². The van der Waals surface area contributed by atoms with Crippen molar-refractivity contribution in [3.8, 4) is 0 Å². The van der Waals surface area contributed by atoms with E-state index in [4.69, 9.17) is 0 Å². The average molecular weight is 285 g/mol. The van der Waals surface area contributed by atoms with Gasteiger partial charge in [0.05, 0.1) is 12.2 Å². The lowest BCUT2D eigenvalue weighted by molar-refractivity contribution is -0.173. The van der Waals surface area contributed by atoms with Gasteiger partial charge in [0.25, 0.3) is 5.56 Å². The molecule has 0 saturated heterocycles. The first-order valence-electron chi connectivity index (χ1n) is 5.74. The van der Waals surface area contributed by atoms with Gasteiger partial charge in [-0.3, -0.25) is 4.79 Å². The van der Waals surface area contributed by atoms with E-state index in [0.29, 0.717) is 0 Å². The molecular weight excluding hydrogens is 275 g/mol. The largest absolute Gasteiger partial charge is 0.461 e. The molecule has 1 heterocycles. The maximum absolute atomic E-state index is 13.8. The van der Waals surface area contributed by atoms with Crippen LogP contribution < -0.4 is 5.56 Å². The molecule has 1 N–H and O–H groups in total. The fourth-order valence-corrected chi connectivity index (χ4v) is 1.74. The highest BCUT2D eigenvalue weighted by molar-refractivity contribution is 5.83. The van der Waals surface area contributed by atoms with E-state index in [1.165, 1.54) is 13.0 Å². The molecule has 0 spiro atoms. The third kappa shape index (κ3) is 2.38. The molecule has 20 heavy (non-hydrogen) atoms. The van der Waals surface area contributed by atoms with Gasteiger partial charge in [0, 0.05) is 10.9 Å². The van der Waals surface area contributed by atoms with Gasteiger partial charge in [0.2, 0.25) is 0 Å². The molecule has 0 saturated carbocycles. The highest BCUT2D eigenvalue weighted by Crippen LogP contribution is 2.28.